The molecule has 0 saturated carbocycles. The lowest BCUT2D eigenvalue weighted by molar-refractivity contribution is -0.116. The van der Waals surface area contributed by atoms with Gasteiger partial charge in [0, 0.05) is 10.6 Å². The molecule has 0 radical (unpaired) electrons. The van der Waals surface area contributed by atoms with Gasteiger partial charge in [0.2, 0.25) is 5.91 Å². The highest BCUT2D eigenvalue weighted by Crippen LogP contribution is 2.35. The van der Waals surface area contributed by atoms with Crippen LogP contribution in [0.1, 0.15) is 40.5 Å². The second-order valence-corrected chi connectivity index (χ2v) is 9.12. The van der Waals surface area contributed by atoms with E-state index in [4.69, 9.17) is 0 Å². The van der Waals surface area contributed by atoms with E-state index < -0.39 is 0 Å². The molecular weight excluding hydrogens is 370 g/mol. The van der Waals surface area contributed by atoms with Crippen LogP contribution >= 0.6 is 11.3 Å². The maximum absolute atomic E-state index is 13.1. The van der Waals surface area contributed by atoms with Crippen molar-refractivity contribution >= 4 is 33.1 Å². The Labute approximate surface area is 168 Å². The SMILES string of the molecule is Cc1cc(C)c(NC(=O)Cn2cnc3sc4c(c3c2=O)CC[C@@H](C)C4)c(C)c1. The molecule has 28 heavy (non-hydrogen) atoms. The minimum Gasteiger partial charge on any atom is -0.324 e. The van der Waals surface area contributed by atoms with Crippen LogP contribution in [-0.2, 0) is 24.2 Å². The Morgan fingerprint density at radius 2 is 2.00 bits per heavy atom. The average Bonchev–Trinajstić information content (AvgIpc) is 2.98. The summed E-state index contributed by atoms with van der Waals surface area (Å²) in [5.74, 6) is 0.436. The fourth-order valence-corrected chi connectivity index (χ4v) is 5.53. The van der Waals surface area contributed by atoms with Gasteiger partial charge in [-0.25, -0.2) is 4.98 Å². The minimum atomic E-state index is -0.212. The quantitative estimate of drug-likeness (QED) is 0.725. The first kappa shape index (κ1) is 18.9. The number of hydrogen-bond donors (Lipinski definition) is 1. The molecule has 5 nitrogen and oxygen atoms in total. The van der Waals surface area contributed by atoms with Crippen LogP contribution in [-0.4, -0.2) is 15.5 Å². The van der Waals surface area contributed by atoms with Crippen LogP contribution < -0.4 is 10.9 Å². The first-order valence-electron chi connectivity index (χ1n) is 9.71. The van der Waals surface area contributed by atoms with Gasteiger partial charge >= 0.3 is 0 Å². The van der Waals surface area contributed by atoms with E-state index in [1.54, 1.807) is 11.3 Å². The highest BCUT2D eigenvalue weighted by molar-refractivity contribution is 7.18. The Balaban J connectivity index is 1.63. The van der Waals surface area contributed by atoms with Crippen molar-refractivity contribution in [2.24, 2.45) is 5.92 Å². The Morgan fingerprint density at radius 1 is 1.29 bits per heavy atom. The Hall–Kier alpha value is -2.47. The van der Waals surface area contributed by atoms with Crippen LogP contribution in [0.2, 0.25) is 0 Å². The maximum Gasteiger partial charge on any atom is 0.262 e. The first-order valence-corrected chi connectivity index (χ1v) is 10.5. The van der Waals surface area contributed by atoms with E-state index in [0.717, 1.165) is 52.0 Å². The van der Waals surface area contributed by atoms with Crippen molar-refractivity contribution in [2.75, 3.05) is 5.32 Å². The summed E-state index contributed by atoms with van der Waals surface area (Å²) in [4.78, 5) is 32.3. The van der Waals surface area contributed by atoms with Gasteiger partial charge in [-0.2, -0.15) is 0 Å². The number of nitrogens with zero attached hydrogens (tertiary/aromatic N) is 2. The van der Waals surface area contributed by atoms with Crippen LogP contribution in [0.15, 0.2) is 23.3 Å². The van der Waals surface area contributed by atoms with E-state index >= 15 is 0 Å². The molecule has 2 aromatic heterocycles. The van der Waals surface area contributed by atoms with Gasteiger partial charge in [-0.15, -0.1) is 11.3 Å². The molecule has 6 heteroatoms. The normalized spacial score (nSPS) is 16.2. The molecular formula is C22H25N3O2S. The van der Waals surface area contributed by atoms with Gasteiger partial charge in [0.15, 0.2) is 0 Å². The predicted molar refractivity (Wildman–Crippen MR) is 114 cm³/mol. The maximum atomic E-state index is 13.1. The largest absolute Gasteiger partial charge is 0.324 e. The van der Waals surface area contributed by atoms with Crippen molar-refractivity contribution in [3.8, 4) is 0 Å². The lowest BCUT2D eigenvalue weighted by Crippen LogP contribution is -2.28. The number of hydrogen-bond acceptors (Lipinski definition) is 4. The topological polar surface area (TPSA) is 64.0 Å². The van der Waals surface area contributed by atoms with E-state index in [1.165, 1.54) is 15.8 Å². The molecule has 146 valence electrons. The Kier molecular flexibility index (Phi) is 4.83. The first-order chi connectivity index (χ1) is 13.3. The fourth-order valence-electron chi connectivity index (χ4n) is 4.19. The van der Waals surface area contributed by atoms with Gasteiger partial charge in [0.05, 0.1) is 11.7 Å². The van der Waals surface area contributed by atoms with Crippen LogP contribution in [0.3, 0.4) is 0 Å². The van der Waals surface area contributed by atoms with Gasteiger partial charge in [-0.05, 0) is 62.6 Å². The fraction of sp³-hybridized carbons (Fsp3) is 0.409. The number of rotatable bonds is 3. The number of anilines is 1. The van der Waals surface area contributed by atoms with Gasteiger partial charge in [0.1, 0.15) is 11.4 Å². The summed E-state index contributed by atoms with van der Waals surface area (Å²) in [6, 6.07) is 4.09. The molecule has 1 atom stereocenters. The molecule has 2 heterocycles. The third-order valence-corrected chi connectivity index (χ3v) is 6.70. The van der Waals surface area contributed by atoms with Crippen LogP contribution in [0.25, 0.3) is 10.2 Å². The molecule has 1 aliphatic rings. The molecule has 0 bridgehead atoms. The van der Waals surface area contributed by atoms with Crippen molar-refractivity contribution < 1.29 is 4.79 Å². The van der Waals surface area contributed by atoms with E-state index in [0.29, 0.717) is 11.3 Å². The van der Waals surface area contributed by atoms with Crippen LogP contribution in [0, 0.1) is 26.7 Å². The number of fused-ring (bicyclic) bond motifs is 3. The molecule has 0 fully saturated rings. The number of carbonyl (C=O) groups excluding carboxylic acids is 1. The molecule has 0 aliphatic heterocycles. The van der Waals surface area contributed by atoms with Gasteiger partial charge in [0.25, 0.3) is 5.56 Å². The van der Waals surface area contributed by atoms with Crippen molar-refractivity contribution in [1.82, 2.24) is 9.55 Å². The van der Waals surface area contributed by atoms with Crippen molar-refractivity contribution in [2.45, 2.75) is 53.5 Å². The molecule has 1 amide bonds. The number of amides is 1. The lowest BCUT2D eigenvalue weighted by atomic mass is 9.89. The molecule has 0 unspecified atom stereocenters. The number of carbonyl (C=O) groups is 1. The van der Waals surface area contributed by atoms with Gasteiger partial charge < -0.3 is 5.32 Å². The number of nitrogens with one attached hydrogen (secondary N) is 1. The summed E-state index contributed by atoms with van der Waals surface area (Å²) >= 11 is 1.63. The lowest BCUT2D eigenvalue weighted by Gasteiger charge is -2.17. The highest BCUT2D eigenvalue weighted by Gasteiger charge is 2.23. The zero-order chi connectivity index (χ0) is 20.0. The van der Waals surface area contributed by atoms with E-state index in [9.17, 15) is 9.59 Å². The summed E-state index contributed by atoms with van der Waals surface area (Å²) in [6.07, 6.45) is 4.54. The van der Waals surface area contributed by atoms with Crippen LogP contribution in [0.4, 0.5) is 5.69 Å². The number of aryl methyl sites for hydroxylation is 4. The van der Waals surface area contributed by atoms with Gasteiger partial charge in [-0.1, -0.05) is 24.6 Å². The number of benzene rings is 1. The summed E-state index contributed by atoms with van der Waals surface area (Å²) < 4.78 is 1.43. The molecule has 3 aromatic rings. The third kappa shape index (κ3) is 3.37. The number of thiophene rings is 1. The van der Waals surface area contributed by atoms with E-state index in [-0.39, 0.29) is 18.0 Å². The molecule has 0 saturated heterocycles. The molecule has 1 aliphatic carbocycles. The van der Waals surface area contributed by atoms with E-state index in [1.807, 2.05) is 32.9 Å². The Bertz CT molecular complexity index is 1120. The third-order valence-electron chi connectivity index (χ3n) is 5.54. The van der Waals surface area contributed by atoms with Crippen molar-refractivity contribution in [3.63, 3.8) is 0 Å². The zero-order valence-corrected chi connectivity index (χ0v) is 17.6. The second-order valence-electron chi connectivity index (χ2n) is 8.03. The van der Waals surface area contributed by atoms with Gasteiger partial charge in [-0.3, -0.25) is 14.2 Å². The van der Waals surface area contributed by atoms with E-state index in [2.05, 4.69) is 17.2 Å². The van der Waals surface area contributed by atoms with Crippen molar-refractivity contribution in [3.05, 3.63) is 55.9 Å². The highest BCUT2D eigenvalue weighted by atomic mass is 32.1. The smallest absolute Gasteiger partial charge is 0.262 e. The monoisotopic (exact) mass is 395 g/mol. The Morgan fingerprint density at radius 3 is 2.71 bits per heavy atom. The second kappa shape index (κ2) is 7.17. The summed E-state index contributed by atoms with van der Waals surface area (Å²) in [5.41, 5.74) is 5.07. The molecule has 1 N–H and O–H groups in total. The van der Waals surface area contributed by atoms with Crippen molar-refractivity contribution in [1.29, 1.82) is 0 Å². The summed E-state index contributed by atoms with van der Waals surface area (Å²) in [6.45, 7) is 8.21. The number of aromatic nitrogens is 2. The summed E-state index contributed by atoms with van der Waals surface area (Å²) in [5, 5.41) is 3.68. The average molecular weight is 396 g/mol. The van der Waals surface area contributed by atoms with Crippen LogP contribution in [0.5, 0.6) is 0 Å². The summed E-state index contributed by atoms with van der Waals surface area (Å²) in [7, 11) is 0. The standard InChI is InChI=1S/C22H25N3O2S/c1-12-5-6-16-17(9-12)28-21-19(16)22(27)25(11-23-21)10-18(26)24-20-14(3)7-13(2)8-15(20)4/h7-8,11-12H,5-6,9-10H2,1-4H3,(H,24,26)/t12-/m1/s1. The predicted octanol–water partition coefficient (Wildman–Crippen LogP) is 4.15. The molecule has 0 spiro atoms. The molecule has 1 aromatic carbocycles. The molecule has 4 rings (SSSR count). The minimum absolute atomic E-state index is 0.0322. The zero-order valence-electron chi connectivity index (χ0n) is 16.8.